The maximum atomic E-state index is 9.06. The molecule has 1 aliphatic carbocycles. The van der Waals surface area contributed by atoms with Gasteiger partial charge in [0, 0.05) is 53.3 Å². The number of likely N-dealkylation sites (tertiary alicyclic amines) is 1. The van der Waals surface area contributed by atoms with Gasteiger partial charge in [0.1, 0.15) is 12.0 Å². The molecule has 1 spiro atoms. The Morgan fingerprint density at radius 3 is 2.46 bits per heavy atom. The fraction of sp³-hybridized carbons (Fsp3) is 0.375. The van der Waals surface area contributed by atoms with E-state index >= 15 is 0 Å². The number of aryl methyl sites for hydroxylation is 2. The van der Waals surface area contributed by atoms with E-state index in [1.165, 1.54) is 32.0 Å². The van der Waals surface area contributed by atoms with Crippen LogP contribution in [0.3, 0.4) is 0 Å². The molecule has 3 aromatic heterocycles. The molecule has 2 aromatic carbocycles. The Morgan fingerprint density at radius 2 is 1.80 bits per heavy atom. The lowest BCUT2D eigenvalue weighted by Gasteiger charge is -2.58. The third-order valence-corrected chi connectivity index (χ3v) is 8.76. The zero-order valence-corrected chi connectivity index (χ0v) is 25.5. The number of fused-ring (bicyclic) bond motifs is 2. The van der Waals surface area contributed by atoms with Crippen LogP contribution in [0.15, 0.2) is 49.3 Å². The van der Waals surface area contributed by atoms with Crippen LogP contribution in [0.1, 0.15) is 44.0 Å². The smallest absolute Gasteiger partial charge is 0.142 e. The molecule has 0 bridgehead atoms. The number of benzene rings is 2. The summed E-state index contributed by atoms with van der Waals surface area (Å²) in [6, 6.07) is 8.96. The first-order valence-electron chi connectivity index (χ1n) is 14.1. The van der Waals surface area contributed by atoms with E-state index < -0.39 is 0 Å². The number of nitrogens with zero attached hydrogens (tertiary/aromatic N) is 6. The van der Waals surface area contributed by atoms with Crippen LogP contribution >= 0.6 is 11.6 Å². The maximum Gasteiger partial charge on any atom is 0.142 e. The summed E-state index contributed by atoms with van der Waals surface area (Å²) in [5.74, 6) is 0. The lowest BCUT2D eigenvalue weighted by Crippen LogP contribution is -2.60. The quantitative estimate of drug-likeness (QED) is 0.187. The molecule has 0 atom stereocenters. The minimum absolute atomic E-state index is 0.418. The lowest BCUT2D eigenvalue weighted by atomic mass is 9.61. The predicted octanol–water partition coefficient (Wildman–Crippen LogP) is 6.91. The van der Waals surface area contributed by atoms with Crippen molar-refractivity contribution >= 4 is 39.7 Å². The summed E-state index contributed by atoms with van der Waals surface area (Å²) in [5, 5.41) is 20.1. The van der Waals surface area contributed by atoms with Crippen molar-refractivity contribution in [1.82, 2.24) is 34.7 Å². The van der Waals surface area contributed by atoms with Gasteiger partial charge in [-0.15, -0.1) is 0 Å². The Labute approximate surface area is 246 Å². The lowest BCUT2D eigenvalue weighted by molar-refractivity contribution is -0.104. The number of carbonyl (C=O) groups is 1. The van der Waals surface area contributed by atoms with Gasteiger partial charge in [0.15, 0.2) is 0 Å². The van der Waals surface area contributed by atoms with Crippen LogP contribution in [0.5, 0.6) is 0 Å². The number of halogens is 1. The Kier molecular flexibility index (Phi) is 7.90. The SMILES string of the molecule is C=CC=O.CC.Cc1cc2[nH]ncc2c(-c2c(-c3ccc4c(cnn4C)c3)nn(C3CC4(C3)CN(C)C4)c2C)c1Cl. The number of aldehydes is 1. The van der Waals surface area contributed by atoms with Gasteiger partial charge in [-0.3, -0.25) is 19.3 Å². The molecule has 1 aliphatic heterocycles. The normalized spacial score (nSPS) is 16.0. The average molecular weight is 572 g/mol. The number of rotatable bonds is 4. The van der Waals surface area contributed by atoms with Crippen LogP contribution < -0.4 is 0 Å². The van der Waals surface area contributed by atoms with Crippen LogP contribution in [0.4, 0.5) is 0 Å². The molecule has 5 aromatic rings. The second-order valence-corrected chi connectivity index (χ2v) is 11.5. The second kappa shape index (κ2) is 11.3. The van der Waals surface area contributed by atoms with Crippen LogP contribution in [0.2, 0.25) is 5.02 Å². The number of aromatic nitrogens is 6. The highest BCUT2D eigenvalue weighted by atomic mass is 35.5. The summed E-state index contributed by atoms with van der Waals surface area (Å²) in [5.41, 5.74) is 8.91. The Balaban J connectivity index is 0.000000521. The molecular formula is C32H38ClN7O. The summed E-state index contributed by atoms with van der Waals surface area (Å²) in [6.07, 6.45) is 7.99. The van der Waals surface area contributed by atoms with E-state index in [0.29, 0.717) is 17.7 Å². The molecule has 2 aliphatic rings. The van der Waals surface area contributed by atoms with E-state index in [9.17, 15) is 0 Å². The zero-order chi connectivity index (χ0) is 29.5. The Morgan fingerprint density at radius 1 is 1.10 bits per heavy atom. The first-order chi connectivity index (χ1) is 19.7. The van der Waals surface area contributed by atoms with Crippen LogP contribution in [0.25, 0.3) is 44.2 Å². The first-order valence-corrected chi connectivity index (χ1v) is 14.5. The van der Waals surface area contributed by atoms with Crippen molar-refractivity contribution in [3.8, 4) is 22.4 Å². The van der Waals surface area contributed by atoms with Gasteiger partial charge < -0.3 is 4.90 Å². The maximum absolute atomic E-state index is 9.06. The highest BCUT2D eigenvalue weighted by molar-refractivity contribution is 6.36. The van der Waals surface area contributed by atoms with Crippen molar-refractivity contribution < 1.29 is 4.79 Å². The van der Waals surface area contributed by atoms with Gasteiger partial charge in [-0.1, -0.05) is 38.1 Å². The average Bonchev–Trinajstić information content (AvgIpc) is 3.65. The minimum atomic E-state index is 0.418. The van der Waals surface area contributed by atoms with Crippen molar-refractivity contribution in [2.75, 3.05) is 20.1 Å². The fourth-order valence-electron chi connectivity index (χ4n) is 6.60. The standard InChI is InChI=1S/C27H28ClN7.C3H4O.C2H6/c1-15-7-21-20(12-29-31-21)24(25(15)28)23-16(2)35(19-9-27(10-19)13-33(3)14-27)32-26(23)17-5-6-22-18(8-17)11-30-34(22)4;1-2-3-4;1-2/h5-8,11-12,19H,9-10,13-14H2,1-4H3,(H,29,31);2-3H,1H2;1-2H3. The van der Waals surface area contributed by atoms with E-state index in [1.54, 1.807) is 0 Å². The summed E-state index contributed by atoms with van der Waals surface area (Å²) >= 11 is 7.03. The van der Waals surface area contributed by atoms with Crippen molar-refractivity contribution in [1.29, 1.82) is 0 Å². The van der Waals surface area contributed by atoms with Crippen LogP contribution in [-0.4, -0.2) is 61.1 Å². The largest absolute Gasteiger partial charge is 0.305 e. The topological polar surface area (TPSA) is 84.6 Å². The molecule has 41 heavy (non-hydrogen) atoms. The number of carbonyl (C=O) groups excluding carboxylic acids is 1. The van der Waals surface area contributed by atoms with Crippen molar-refractivity contribution in [3.05, 3.63) is 65.6 Å². The molecule has 9 heteroatoms. The number of aromatic amines is 1. The number of hydrogen-bond acceptors (Lipinski definition) is 5. The third kappa shape index (κ3) is 4.89. The molecule has 0 unspecified atom stereocenters. The molecule has 1 N–H and O–H groups in total. The molecule has 1 saturated heterocycles. The monoisotopic (exact) mass is 571 g/mol. The number of nitrogens with one attached hydrogen (secondary N) is 1. The van der Waals surface area contributed by atoms with E-state index in [2.05, 4.69) is 76.6 Å². The van der Waals surface area contributed by atoms with E-state index in [-0.39, 0.29) is 0 Å². The van der Waals surface area contributed by atoms with E-state index in [4.69, 9.17) is 21.5 Å². The summed E-state index contributed by atoms with van der Waals surface area (Å²) in [4.78, 5) is 11.5. The number of H-pyrrole nitrogens is 1. The zero-order valence-electron chi connectivity index (χ0n) is 24.7. The van der Waals surface area contributed by atoms with Crippen molar-refractivity contribution in [2.45, 2.75) is 46.6 Å². The molecule has 4 heterocycles. The van der Waals surface area contributed by atoms with Gasteiger partial charge in [0.25, 0.3) is 0 Å². The second-order valence-electron chi connectivity index (χ2n) is 11.1. The van der Waals surface area contributed by atoms with Gasteiger partial charge >= 0.3 is 0 Å². The van der Waals surface area contributed by atoms with Gasteiger partial charge in [0.05, 0.1) is 34.5 Å². The summed E-state index contributed by atoms with van der Waals surface area (Å²) in [6.45, 7) is 13.7. The minimum Gasteiger partial charge on any atom is -0.305 e. The highest BCUT2D eigenvalue weighted by Crippen LogP contribution is 2.55. The molecule has 8 nitrogen and oxygen atoms in total. The van der Waals surface area contributed by atoms with Gasteiger partial charge in [-0.05, 0) is 69.0 Å². The first kappa shape index (κ1) is 28.8. The van der Waals surface area contributed by atoms with E-state index in [0.717, 1.165) is 60.5 Å². The Hall–Kier alpha value is -3.75. The Bertz CT molecular complexity index is 1720. The molecule has 214 valence electrons. The molecule has 7 rings (SSSR count). The third-order valence-electron chi connectivity index (χ3n) is 8.27. The summed E-state index contributed by atoms with van der Waals surface area (Å²) < 4.78 is 4.17. The highest BCUT2D eigenvalue weighted by Gasteiger charge is 2.52. The summed E-state index contributed by atoms with van der Waals surface area (Å²) in [7, 11) is 4.18. The predicted molar refractivity (Wildman–Crippen MR) is 167 cm³/mol. The van der Waals surface area contributed by atoms with Gasteiger partial charge in [-0.2, -0.15) is 15.3 Å². The van der Waals surface area contributed by atoms with Crippen LogP contribution in [-0.2, 0) is 11.8 Å². The van der Waals surface area contributed by atoms with Crippen molar-refractivity contribution in [3.63, 3.8) is 0 Å². The molecule has 2 fully saturated rings. The molecule has 0 radical (unpaired) electrons. The van der Waals surface area contributed by atoms with Gasteiger partial charge in [0.2, 0.25) is 0 Å². The van der Waals surface area contributed by atoms with Crippen molar-refractivity contribution in [2.24, 2.45) is 12.5 Å². The van der Waals surface area contributed by atoms with E-state index in [1.807, 2.05) is 38.0 Å². The fourth-order valence-corrected chi connectivity index (χ4v) is 6.85. The molecule has 1 saturated carbocycles. The van der Waals surface area contributed by atoms with Crippen LogP contribution in [0, 0.1) is 19.3 Å². The number of allylic oxidation sites excluding steroid dienone is 1. The van der Waals surface area contributed by atoms with Gasteiger partial charge in [-0.25, -0.2) is 0 Å². The molecular weight excluding hydrogens is 534 g/mol. The number of hydrogen-bond donors (Lipinski definition) is 1. The molecule has 0 amide bonds.